The summed E-state index contributed by atoms with van der Waals surface area (Å²) < 4.78 is 0. The second-order valence-electron chi connectivity index (χ2n) is 23.3. The number of Topliss-reactive ketones (excluding diaryl/α,β-unsaturated/α-hetero) is 2. The summed E-state index contributed by atoms with van der Waals surface area (Å²) in [6.07, 6.45) is 3.51. The van der Waals surface area contributed by atoms with E-state index in [0.717, 1.165) is 0 Å². The fourth-order valence-corrected chi connectivity index (χ4v) is 10.6. The van der Waals surface area contributed by atoms with E-state index in [-0.39, 0.29) is 160 Å². The molecule has 0 aliphatic rings. The van der Waals surface area contributed by atoms with Crippen molar-refractivity contribution in [3.8, 4) is 46.0 Å². The number of phenols is 8. The Morgan fingerprint density at radius 2 is 0.606 bits per heavy atom. The Labute approximate surface area is 549 Å². The van der Waals surface area contributed by atoms with Crippen LogP contribution in [0.25, 0.3) is 0 Å². The minimum Gasteiger partial charge on any atom is -0.504 e. The largest absolute Gasteiger partial charge is 0.504 e. The molecule has 18 N–H and O–H groups in total. The molecular formula is C66H98N12O16. The van der Waals surface area contributed by atoms with Gasteiger partial charge in [-0.15, -0.1) is 0 Å². The highest BCUT2D eigenvalue weighted by Gasteiger charge is 2.27. The lowest BCUT2D eigenvalue weighted by molar-refractivity contribution is -0.129. The summed E-state index contributed by atoms with van der Waals surface area (Å²) >= 11 is 0. The number of amides is 6. The Morgan fingerprint density at radius 3 is 0.883 bits per heavy atom. The first-order valence-corrected chi connectivity index (χ1v) is 31.8. The molecule has 0 heterocycles. The Balaban J connectivity index is 1.50. The Kier molecular flexibility index (Phi) is 35.1. The van der Waals surface area contributed by atoms with Crippen LogP contribution in [-0.2, 0) is 64.0 Å². The quantitative estimate of drug-likeness (QED) is 0.0205. The number of nitrogens with one attached hydrogen (secondary N) is 10. The van der Waals surface area contributed by atoms with Crippen LogP contribution in [0.3, 0.4) is 0 Å². The highest BCUT2D eigenvalue weighted by atomic mass is 16.3. The van der Waals surface area contributed by atoms with Crippen molar-refractivity contribution in [2.75, 3.05) is 120 Å². The van der Waals surface area contributed by atoms with Crippen molar-refractivity contribution < 1.29 is 79.2 Å². The van der Waals surface area contributed by atoms with Crippen LogP contribution < -0.4 is 53.2 Å². The molecule has 4 aromatic rings. The molecule has 94 heavy (non-hydrogen) atoms. The number of carbonyl (C=O) groups is 8. The molecule has 0 aromatic heterocycles. The molecular weight excluding hydrogens is 1220 g/mol. The second kappa shape index (κ2) is 42.4. The number of rotatable bonds is 47. The molecule has 518 valence electrons. The first-order chi connectivity index (χ1) is 45.0. The fraction of sp³-hybridized carbons (Fsp3) is 0.515. The maximum absolute atomic E-state index is 13.7. The van der Waals surface area contributed by atoms with Crippen molar-refractivity contribution in [3.63, 3.8) is 0 Å². The molecule has 4 unspecified atom stereocenters. The molecule has 0 radical (unpaired) electrons. The van der Waals surface area contributed by atoms with Crippen LogP contribution in [0.5, 0.6) is 46.0 Å². The van der Waals surface area contributed by atoms with Crippen LogP contribution in [0.1, 0.15) is 73.6 Å². The zero-order chi connectivity index (χ0) is 69.0. The summed E-state index contributed by atoms with van der Waals surface area (Å²) in [5.74, 6) is -7.13. The molecule has 0 bridgehead atoms. The van der Waals surface area contributed by atoms with Crippen LogP contribution in [0, 0.1) is 11.8 Å². The van der Waals surface area contributed by atoms with Crippen molar-refractivity contribution in [2.24, 2.45) is 11.8 Å². The number of hydrogen-bond donors (Lipinski definition) is 18. The monoisotopic (exact) mass is 1310 g/mol. The van der Waals surface area contributed by atoms with Gasteiger partial charge in [0.2, 0.25) is 35.4 Å². The summed E-state index contributed by atoms with van der Waals surface area (Å²) in [7, 11) is 6.44. The van der Waals surface area contributed by atoms with Gasteiger partial charge in [0.15, 0.2) is 46.0 Å². The highest BCUT2D eigenvalue weighted by molar-refractivity contribution is 5.90. The van der Waals surface area contributed by atoms with Crippen LogP contribution >= 0.6 is 0 Å². The van der Waals surface area contributed by atoms with E-state index in [1.807, 2.05) is 0 Å². The minimum atomic E-state index is -1.01. The summed E-state index contributed by atoms with van der Waals surface area (Å²) in [4.78, 5) is 110. The third-order valence-corrected chi connectivity index (χ3v) is 15.4. The second-order valence-corrected chi connectivity index (χ2v) is 23.3. The zero-order valence-electron chi connectivity index (χ0n) is 54.4. The number of phenolic OH excluding ortho intramolecular Hbond substituents is 8. The number of likely N-dealkylation sites (N-methyl/N-ethyl adjacent to an activating group) is 4. The molecule has 0 spiro atoms. The van der Waals surface area contributed by atoms with E-state index in [1.54, 1.807) is 40.3 Å². The van der Waals surface area contributed by atoms with Crippen LogP contribution in [0.15, 0.2) is 72.8 Å². The molecule has 0 aliphatic carbocycles. The van der Waals surface area contributed by atoms with E-state index in [1.165, 1.54) is 60.7 Å². The maximum Gasteiger partial charge on any atom is 0.242 e. The molecule has 0 fully saturated rings. The normalized spacial score (nSPS) is 12.5. The van der Waals surface area contributed by atoms with Gasteiger partial charge in [0.25, 0.3) is 0 Å². The third-order valence-electron chi connectivity index (χ3n) is 15.4. The molecule has 0 aliphatic heterocycles. The summed E-state index contributed by atoms with van der Waals surface area (Å²) in [5, 5.41) is 109. The van der Waals surface area contributed by atoms with E-state index in [4.69, 9.17) is 0 Å². The minimum absolute atomic E-state index is 0.0219. The molecule has 4 atom stereocenters. The lowest BCUT2D eigenvalue weighted by atomic mass is 9.93. The summed E-state index contributed by atoms with van der Waals surface area (Å²) in [6, 6.07) is 14.8. The van der Waals surface area contributed by atoms with Gasteiger partial charge in [-0.05, 0) is 190 Å². The molecule has 28 heteroatoms. The summed E-state index contributed by atoms with van der Waals surface area (Å²) in [5.41, 5.74) is 2.11. The first-order valence-electron chi connectivity index (χ1n) is 31.8. The number of unbranched alkanes of at least 4 members (excludes halogenated alkanes) is 1. The third kappa shape index (κ3) is 29.4. The maximum atomic E-state index is 13.7. The van der Waals surface area contributed by atoms with Crippen molar-refractivity contribution in [3.05, 3.63) is 95.1 Å². The van der Waals surface area contributed by atoms with Crippen LogP contribution in [-0.4, -0.2) is 230 Å². The van der Waals surface area contributed by atoms with Crippen LogP contribution in [0.4, 0.5) is 0 Å². The molecule has 28 nitrogen and oxygen atoms in total. The fourth-order valence-electron chi connectivity index (χ4n) is 10.6. The average Bonchev–Trinajstić information content (AvgIpc) is 1.15. The van der Waals surface area contributed by atoms with Crippen molar-refractivity contribution in [1.82, 2.24) is 63.0 Å². The molecule has 0 saturated heterocycles. The predicted molar refractivity (Wildman–Crippen MR) is 352 cm³/mol. The van der Waals surface area contributed by atoms with Gasteiger partial charge in [-0.3, -0.25) is 38.4 Å². The van der Waals surface area contributed by atoms with Gasteiger partial charge in [0.05, 0.1) is 26.2 Å². The van der Waals surface area contributed by atoms with Gasteiger partial charge in [-0.2, -0.15) is 0 Å². The van der Waals surface area contributed by atoms with E-state index in [9.17, 15) is 79.2 Å². The average molecular weight is 1320 g/mol. The number of ketones is 2. The van der Waals surface area contributed by atoms with Gasteiger partial charge < -0.3 is 104 Å². The molecule has 4 rings (SSSR count). The van der Waals surface area contributed by atoms with Gasteiger partial charge in [0, 0.05) is 63.7 Å². The number of hydrogen-bond acceptors (Lipinski definition) is 22. The molecule has 6 amide bonds. The lowest BCUT2D eigenvalue weighted by Gasteiger charge is -2.26. The van der Waals surface area contributed by atoms with Gasteiger partial charge in [0.1, 0.15) is 23.7 Å². The van der Waals surface area contributed by atoms with E-state index in [0.29, 0.717) is 100 Å². The topological polar surface area (TPSA) is 425 Å². The first kappa shape index (κ1) is 77.6. The van der Waals surface area contributed by atoms with Crippen molar-refractivity contribution in [1.29, 1.82) is 0 Å². The lowest BCUT2D eigenvalue weighted by Crippen LogP contribution is -2.50. The Morgan fingerprint density at radius 1 is 0.340 bits per heavy atom. The summed E-state index contributed by atoms with van der Waals surface area (Å²) in [6.45, 7) is 4.17. The van der Waals surface area contributed by atoms with Crippen molar-refractivity contribution in [2.45, 2.75) is 89.1 Å². The Hall–Kier alpha value is -8.80. The SMILES string of the molecule is CNCC(=O)CC(Cc1ccc(O)c(O)c1)C(=O)NCCCN(CCCCN(CCCNC(=O)C(Cc1ccc(O)c(O)c1)NC(=O)CNC)CCCNC(=O)C(Cc1ccc(O)c(O)c1)NC(=O)CNC)CCCNC(=O)C(CC(=O)CNC)Cc1ccc(O)c(O)c1. The number of nitrogens with zero attached hydrogens (tertiary/aromatic N) is 2. The zero-order valence-corrected chi connectivity index (χ0v) is 54.4. The van der Waals surface area contributed by atoms with E-state index >= 15 is 0 Å². The van der Waals surface area contributed by atoms with Crippen LogP contribution in [0.2, 0.25) is 0 Å². The number of benzene rings is 4. The number of carbonyl (C=O) groups excluding carboxylic acids is 8. The smallest absolute Gasteiger partial charge is 0.242 e. The van der Waals surface area contributed by atoms with Gasteiger partial charge in [-0.25, -0.2) is 0 Å². The van der Waals surface area contributed by atoms with Gasteiger partial charge in [-0.1, -0.05) is 24.3 Å². The van der Waals surface area contributed by atoms with Gasteiger partial charge >= 0.3 is 0 Å². The number of aromatic hydroxyl groups is 8. The highest BCUT2D eigenvalue weighted by Crippen LogP contribution is 2.30. The van der Waals surface area contributed by atoms with E-state index in [2.05, 4.69) is 63.0 Å². The van der Waals surface area contributed by atoms with Crippen molar-refractivity contribution >= 4 is 47.0 Å². The van der Waals surface area contributed by atoms with E-state index < -0.39 is 47.5 Å². The Bertz CT molecular complexity index is 2690. The molecule has 4 aromatic carbocycles. The standard InChI is InChI=1S/C66H98N12O16/c1-67-39-49(79)37-47(29-43-11-15-53(81)57(85)33-43)63(91)71-19-7-25-77(26-8-20-72-64(92)48(38-50(80)40-68-2)30-44-12-16-54(82)58(86)34-44)23-5-6-24-78(27-9-21-73-65(93)51(75-61(89)41-69-3)31-45-13-17-55(83)59(87)35-45)28-10-22-74-66(94)52(76-62(90)42-70-4)32-46-14-18-56(84)60(88)36-46/h11-18,33-36,47-48,51-52,67-70,81-88H,5-10,19-32,37-42H2,1-4H3,(H,71,91)(H,72,92)(H,73,93)(H,74,94)(H,75,89)(H,76,90). The molecule has 0 saturated carbocycles. The predicted octanol–water partition coefficient (Wildman–Crippen LogP) is 0.00940.